The summed E-state index contributed by atoms with van der Waals surface area (Å²) in [5.74, 6) is 6.89. The van der Waals surface area contributed by atoms with Crippen LogP contribution in [0.1, 0.15) is 0 Å². The third-order valence-electron chi connectivity index (χ3n) is 5.40. The molecule has 0 saturated heterocycles. The molecule has 0 aliphatic rings. The van der Waals surface area contributed by atoms with Crippen LogP contribution < -0.4 is 15.0 Å². The van der Waals surface area contributed by atoms with Crippen LogP contribution in [0.2, 0.25) is 0 Å². The van der Waals surface area contributed by atoms with E-state index in [1.165, 1.54) is 11.2 Å². The highest BCUT2D eigenvalue weighted by Gasteiger charge is 2.12. The lowest BCUT2D eigenvalue weighted by atomic mass is 10.2. The SMILES string of the molecule is CN(C)CC#CC(=O)N(C)c1ccc2ncnc(Nc3ccc(Oc4cc5nncn5cn4)cc3)c2c1. The van der Waals surface area contributed by atoms with Gasteiger partial charge >= 0.3 is 5.91 Å². The van der Waals surface area contributed by atoms with Crippen LogP contribution in [-0.2, 0) is 4.79 Å². The Morgan fingerprint density at radius 2 is 1.86 bits per heavy atom. The second-order valence-corrected chi connectivity index (χ2v) is 8.40. The van der Waals surface area contributed by atoms with Crippen molar-refractivity contribution in [3.8, 4) is 23.5 Å². The number of rotatable bonds is 6. The molecule has 0 atom stereocenters. The Balaban J connectivity index is 1.33. The van der Waals surface area contributed by atoms with E-state index in [1.54, 1.807) is 30.2 Å². The molecule has 1 amide bonds. The number of nitrogens with zero attached hydrogens (tertiary/aromatic N) is 8. The molecular formula is C26H23N9O2. The van der Waals surface area contributed by atoms with Gasteiger partial charge in [0.15, 0.2) is 5.65 Å². The first-order valence-electron chi connectivity index (χ1n) is 11.3. The lowest BCUT2D eigenvalue weighted by Crippen LogP contribution is -2.24. The predicted molar refractivity (Wildman–Crippen MR) is 140 cm³/mol. The summed E-state index contributed by atoms with van der Waals surface area (Å²) in [6.45, 7) is 0.511. The number of fused-ring (bicyclic) bond motifs is 2. The van der Waals surface area contributed by atoms with E-state index in [0.29, 0.717) is 35.3 Å². The molecule has 11 heteroatoms. The van der Waals surface area contributed by atoms with Gasteiger partial charge in [0.2, 0.25) is 5.88 Å². The van der Waals surface area contributed by atoms with E-state index in [1.807, 2.05) is 61.5 Å². The van der Waals surface area contributed by atoms with Crippen LogP contribution in [0.5, 0.6) is 11.6 Å². The van der Waals surface area contributed by atoms with Crippen molar-refractivity contribution in [3.05, 3.63) is 67.5 Å². The molecule has 184 valence electrons. The van der Waals surface area contributed by atoms with Crippen molar-refractivity contribution in [2.75, 3.05) is 37.9 Å². The molecule has 5 rings (SSSR count). The zero-order valence-electron chi connectivity index (χ0n) is 20.5. The van der Waals surface area contributed by atoms with Crippen molar-refractivity contribution in [2.24, 2.45) is 0 Å². The average molecular weight is 494 g/mol. The topological polar surface area (TPSA) is 114 Å². The smallest absolute Gasteiger partial charge is 0.302 e. The second-order valence-electron chi connectivity index (χ2n) is 8.40. The fourth-order valence-electron chi connectivity index (χ4n) is 3.46. The first-order valence-corrected chi connectivity index (χ1v) is 11.3. The zero-order chi connectivity index (χ0) is 25.8. The lowest BCUT2D eigenvalue weighted by molar-refractivity contribution is -0.113. The highest BCUT2D eigenvalue weighted by molar-refractivity contribution is 6.06. The van der Waals surface area contributed by atoms with E-state index in [-0.39, 0.29) is 5.91 Å². The van der Waals surface area contributed by atoms with Gasteiger partial charge in [0.25, 0.3) is 0 Å². The monoisotopic (exact) mass is 493 g/mol. The molecular weight excluding hydrogens is 470 g/mol. The summed E-state index contributed by atoms with van der Waals surface area (Å²) in [6.07, 6.45) is 4.66. The van der Waals surface area contributed by atoms with Crippen LogP contribution in [0.3, 0.4) is 0 Å². The molecule has 0 radical (unpaired) electrons. The Morgan fingerprint density at radius 1 is 1.03 bits per heavy atom. The number of anilines is 3. The maximum atomic E-state index is 12.5. The Labute approximate surface area is 212 Å². The van der Waals surface area contributed by atoms with Gasteiger partial charge in [-0.3, -0.25) is 14.1 Å². The van der Waals surface area contributed by atoms with E-state index < -0.39 is 0 Å². The second kappa shape index (κ2) is 10.3. The minimum atomic E-state index is -0.291. The van der Waals surface area contributed by atoms with Crippen LogP contribution in [0.25, 0.3) is 16.6 Å². The molecule has 0 unspecified atom stereocenters. The standard InChI is InChI=1S/C26H23N9O2/c1-33(2)12-4-5-25(36)34(3)19-8-11-22-21(13-19)26(28-15-27-22)31-18-6-9-20(10-7-18)37-24-14-23-32-30-17-35(23)16-29-24/h6-11,13-17H,12H2,1-3H3,(H,27,28,31). The summed E-state index contributed by atoms with van der Waals surface area (Å²) in [5, 5.41) is 11.9. The van der Waals surface area contributed by atoms with E-state index in [2.05, 4.69) is 42.3 Å². The molecule has 37 heavy (non-hydrogen) atoms. The molecule has 0 aliphatic heterocycles. The minimum absolute atomic E-state index is 0.291. The van der Waals surface area contributed by atoms with Gasteiger partial charge < -0.3 is 15.0 Å². The Bertz CT molecular complexity index is 1640. The quantitative estimate of drug-likeness (QED) is 0.356. The normalized spacial score (nSPS) is 10.8. The fourth-order valence-corrected chi connectivity index (χ4v) is 3.46. The molecule has 0 bridgehead atoms. The third kappa shape index (κ3) is 5.44. The van der Waals surface area contributed by atoms with Crippen molar-refractivity contribution in [3.63, 3.8) is 0 Å². The number of carbonyl (C=O) groups is 1. The molecule has 0 aliphatic carbocycles. The molecule has 0 saturated carbocycles. The number of hydrogen-bond acceptors (Lipinski definition) is 9. The molecule has 3 heterocycles. The van der Waals surface area contributed by atoms with Crippen molar-refractivity contribution in [1.29, 1.82) is 0 Å². The van der Waals surface area contributed by atoms with Gasteiger partial charge in [0, 0.05) is 29.9 Å². The highest BCUT2D eigenvalue weighted by Crippen LogP contribution is 2.28. The van der Waals surface area contributed by atoms with Crippen molar-refractivity contribution in [2.45, 2.75) is 0 Å². The van der Waals surface area contributed by atoms with Gasteiger partial charge in [-0.05, 0) is 62.5 Å². The Hall–Kier alpha value is -5.08. The first kappa shape index (κ1) is 23.7. The molecule has 2 aromatic carbocycles. The van der Waals surface area contributed by atoms with E-state index >= 15 is 0 Å². The van der Waals surface area contributed by atoms with Gasteiger partial charge in [-0.15, -0.1) is 10.2 Å². The van der Waals surface area contributed by atoms with Crippen LogP contribution in [0.4, 0.5) is 17.2 Å². The van der Waals surface area contributed by atoms with Crippen molar-refractivity contribution < 1.29 is 9.53 Å². The van der Waals surface area contributed by atoms with Crippen LogP contribution in [0.15, 0.2) is 67.5 Å². The molecule has 5 aromatic rings. The Morgan fingerprint density at radius 3 is 2.68 bits per heavy atom. The summed E-state index contributed by atoms with van der Waals surface area (Å²) in [7, 11) is 5.50. The van der Waals surface area contributed by atoms with Gasteiger partial charge in [-0.25, -0.2) is 15.0 Å². The summed E-state index contributed by atoms with van der Waals surface area (Å²) >= 11 is 0. The predicted octanol–water partition coefficient (Wildman–Crippen LogP) is 3.13. The number of ether oxygens (including phenoxy) is 1. The van der Waals surface area contributed by atoms with Crippen LogP contribution >= 0.6 is 0 Å². The van der Waals surface area contributed by atoms with E-state index in [0.717, 1.165) is 16.6 Å². The van der Waals surface area contributed by atoms with Gasteiger partial charge in [0.1, 0.15) is 30.5 Å². The van der Waals surface area contributed by atoms with Crippen molar-refractivity contribution in [1.82, 2.24) is 34.4 Å². The summed E-state index contributed by atoms with van der Waals surface area (Å²) in [4.78, 5) is 28.9. The zero-order valence-corrected chi connectivity index (χ0v) is 20.5. The molecule has 0 spiro atoms. The molecule has 11 nitrogen and oxygen atoms in total. The van der Waals surface area contributed by atoms with Crippen LogP contribution in [-0.4, -0.2) is 68.0 Å². The van der Waals surface area contributed by atoms with Crippen molar-refractivity contribution >= 4 is 39.6 Å². The van der Waals surface area contributed by atoms with E-state index in [4.69, 9.17) is 4.74 Å². The maximum absolute atomic E-state index is 12.5. The number of nitrogens with one attached hydrogen (secondary N) is 1. The summed E-state index contributed by atoms with van der Waals surface area (Å²) in [5.41, 5.74) is 2.88. The summed E-state index contributed by atoms with van der Waals surface area (Å²) in [6, 6.07) is 14.7. The lowest BCUT2D eigenvalue weighted by Gasteiger charge is -2.16. The van der Waals surface area contributed by atoms with Gasteiger partial charge in [0.05, 0.1) is 12.1 Å². The number of hydrogen-bond donors (Lipinski definition) is 1. The molecule has 3 aromatic heterocycles. The fraction of sp³-hybridized carbons (Fsp3) is 0.154. The first-order chi connectivity index (χ1) is 18.0. The highest BCUT2D eigenvalue weighted by atomic mass is 16.5. The summed E-state index contributed by atoms with van der Waals surface area (Å²) < 4.78 is 7.54. The average Bonchev–Trinajstić information content (AvgIpc) is 3.37. The van der Waals surface area contributed by atoms with Gasteiger partial charge in [-0.2, -0.15) is 0 Å². The third-order valence-corrected chi connectivity index (χ3v) is 5.40. The van der Waals surface area contributed by atoms with E-state index in [9.17, 15) is 4.79 Å². The maximum Gasteiger partial charge on any atom is 0.302 e. The minimum Gasteiger partial charge on any atom is -0.439 e. The number of benzene rings is 2. The molecule has 0 fully saturated rings. The van der Waals surface area contributed by atoms with Gasteiger partial charge in [-0.1, -0.05) is 5.92 Å². The number of carbonyl (C=O) groups excluding carboxylic acids is 1. The Kier molecular flexibility index (Phi) is 6.56. The van der Waals surface area contributed by atoms with Crippen LogP contribution in [0, 0.1) is 11.8 Å². The molecule has 1 N–H and O–H groups in total. The number of amides is 1. The largest absolute Gasteiger partial charge is 0.439 e. The number of aromatic nitrogens is 6.